The van der Waals surface area contributed by atoms with Crippen molar-refractivity contribution in [2.75, 3.05) is 13.6 Å². The summed E-state index contributed by atoms with van der Waals surface area (Å²) in [6.45, 7) is 5.94. The molecule has 12 rings (SSSR count). The molecule has 11 bridgehead atoms. The Morgan fingerprint density at radius 2 is 1.36 bits per heavy atom. The number of amides is 7. The molecule has 7 aliphatic rings. The highest BCUT2D eigenvalue weighted by atomic mass is 35.5. The molecule has 0 spiro atoms. The van der Waals surface area contributed by atoms with Crippen molar-refractivity contribution in [2.24, 2.45) is 22.5 Å². The molecule has 0 aliphatic carbocycles. The van der Waals surface area contributed by atoms with Crippen LogP contribution in [0.3, 0.4) is 0 Å². The number of phenols is 3. The number of phenolic OH excluding ortho intramolecular Hbond substituents is 3. The number of nitrogens with zero attached hydrogens (tertiary/aromatic N) is 3. The van der Waals surface area contributed by atoms with E-state index in [-0.39, 0.29) is 46.2 Å². The quantitative estimate of drug-likeness (QED) is 0.0425. The highest BCUT2D eigenvalue weighted by molar-refractivity contribution is 6.32. The van der Waals surface area contributed by atoms with Gasteiger partial charge in [0.2, 0.25) is 53.4 Å². The lowest BCUT2D eigenvalue weighted by molar-refractivity contribution is -0.330. The monoisotopic (exact) mass is 1470 g/mol. The number of likely N-dealkylation sites (N-methyl/N-ethyl adjacent to an activating group) is 1. The Hall–Kier alpha value is -9.85. The van der Waals surface area contributed by atoms with E-state index in [1.807, 2.05) is 13.8 Å². The first-order valence-corrected chi connectivity index (χ1v) is 32.8. The number of ether oxygens (including phenoxy) is 6. The zero-order chi connectivity index (χ0) is 75.0. The fraction of sp³-hybridized carbons (Fsp3) is 0.424. The van der Waals surface area contributed by atoms with E-state index >= 15 is 14.4 Å². The molecule has 5 aromatic carbocycles. The van der Waals surface area contributed by atoms with E-state index in [1.165, 1.54) is 33.0 Å². The highest BCUT2D eigenvalue weighted by Gasteiger charge is 2.51. The minimum Gasteiger partial charge on any atom is -0.508 e. The van der Waals surface area contributed by atoms with Crippen LogP contribution in [0.1, 0.15) is 105 Å². The number of nitrogens with two attached hydrogens (primary N) is 2. The fourth-order valence-corrected chi connectivity index (χ4v) is 13.1. The summed E-state index contributed by atoms with van der Waals surface area (Å²) in [5.41, 5.74) is 17.4. The number of aliphatic hydroxyl groups excluding tert-OH is 5. The van der Waals surface area contributed by atoms with E-state index in [0.717, 1.165) is 66.7 Å². The second-order valence-electron chi connectivity index (χ2n) is 25.9. The van der Waals surface area contributed by atoms with Crippen molar-refractivity contribution in [3.63, 3.8) is 0 Å². The van der Waals surface area contributed by atoms with Crippen LogP contribution in [-0.4, -0.2) is 186 Å². The lowest BCUT2D eigenvalue weighted by Gasteiger charge is -2.47. The summed E-state index contributed by atoms with van der Waals surface area (Å²) >= 11 is 14.1. The van der Waals surface area contributed by atoms with Crippen LogP contribution in [0, 0.1) is 5.92 Å². The molecule has 550 valence electrons. The number of benzene rings is 5. The van der Waals surface area contributed by atoms with Gasteiger partial charge in [-0.25, -0.2) is 4.79 Å². The van der Waals surface area contributed by atoms with Crippen molar-refractivity contribution in [2.45, 2.75) is 156 Å². The topological polar surface area (TPSA) is 559 Å². The van der Waals surface area contributed by atoms with Crippen molar-refractivity contribution in [3.8, 4) is 57.1 Å². The van der Waals surface area contributed by atoms with Gasteiger partial charge in [0.15, 0.2) is 29.9 Å². The van der Waals surface area contributed by atoms with Crippen molar-refractivity contribution in [3.05, 3.63) is 127 Å². The molecule has 7 aliphatic heterocycles. The number of primary amides is 1. The lowest BCUT2D eigenvalue weighted by atomic mass is 9.86. The summed E-state index contributed by atoms with van der Waals surface area (Å²) in [6, 6.07) is -0.810. The number of azide groups is 1. The lowest BCUT2D eigenvalue weighted by Crippen LogP contribution is -2.64. The molecule has 2 unspecified atom stereocenters. The molecule has 20 N–H and O–H groups in total. The van der Waals surface area contributed by atoms with Gasteiger partial charge in [-0.3, -0.25) is 33.6 Å². The maximum atomic E-state index is 16.1. The maximum absolute atomic E-state index is 16.1. The Balaban J connectivity index is 1.25. The first-order chi connectivity index (χ1) is 48.7. The molecular formula is C66H74Cl2N12O23. The van der Waals surface area contributed by atoms with Gasteiger partial charge in [-0.05, 0) is 116 Å². The number of halogens is 2. The summed E-state index contributed by atoms with van der Waals surface area (Å²) in [4.78, 5) is 120. The van der Waals surface area contributed by atoms with E-state index in [4.69, 9.17) is 63.1 Å². The fourth-order valence-electron chi connectivity index (χ4n) is 12.6. The number of hydrogen-bond acceptors (Lipinski definition) is 25. The standard InChI is InChI=1S/C66H74Cl2N12O23/c1-23(2)12-34(72-5)58(90)78-49-51(85)26-7-10-38(32(67)14-26)99-40-16-28-17-41(55(40)103-65-56(54(88)53(87)42(101-65)22-73-80-71)102-44-21-66(4,70)57(89)24(3)98-44)100-39-11-8-27(15-33(39)68)52(86)50-63(95)77-48(64(96)97)31-18-29(81)19-37(83)45(31)30-13-25(6-9-36(30)82)46(60(92)79-50)76-61(93)47(28)75-59(91)35(20-43(69)84)74-62(49)94/h6-11,13-19,23-24,34-35,42,44,46-54,56-57,65,72,81-83,85-89H,12,20-22,70H2,1-5H3,(H2,69,84)(H,74,94)(H,75,91)(H,76,93)(H,77,95)(H,78,90)(H,79,92)(H,96,97)/t24-,34+,35-,42+,44-,46+,47?,48-,49+,50?,51+,52+,53+,54-,56+,57+,65-,66-/m0/s1. The number of carbonyl (C=O) groups is 8. The smallest absolute Gasteiger partial charge is 0.330 e. The molecule has 35 nitrogen and oxygen atoms in total. The average Bonchev–Trinajstić information content (AvgIpc) is 0.771. The average molecular weight is 1470 g/mol. The van der Waals surface area contributed by atoms with Crippen LogP contribution in [0.25, 0.3) is 21.6 Å². The number of rotatable bonds is 14. The zero-order valence-corrected chi connectivity index (χ0v) is 56.7. The number of carboxylic acids is 1. The third-order valence-electron chi connectivity index (χ3n) is 17.9. The van der Waals surface area contributed by atoms with E-state index in [1.54, 1.807) is 0 Å². The second-order valence-corrected chi connectivity index (χ2v) is 26.8. The van der Waals surface area contributed by atoms with E-state index < -0.39 is 237 Å². The molecule has 2 saturated heterocycles. The van der Waals surface area contributed by atoms with Gasteiger partial charge in [-0.1, -0.05) is 60.4 Å². The number of carbonyl (C=O) groups excluding carboxylic acids is 7. The van der Waals surface area contributed by atoms with Gasteiger partial charge < -0.3 is 123 Å². The summed E-state index contributed by atoms with van der Waals surface area (Å²) in [6.07, 6.45) is -18.7. The predicted molar refractivity (Wildman–Crippen MR) is 356 cm³/mol. The summed E-state index contributed by atoms with van der Waals surface area (Å²) in [5, 5.41) is 124. The molecule has 7 heterocycles. The van der Waals surface area contributed by atoms with Crippen LogP contribution in [0.4, 0.5) is 0 Å². The molecular weight excluding hydrogens is 1400 g/mol. The maximum Gasteiger partial charge on any atom is 0.330 e. The van der Waals surface area contributed by atoms with Crippen LogP contribution in [0.5, 0.6) is 46.0 Å². The van der Waals surface area contributed by atoms with Crippen LogP contribution >= 0.6 is 23.2 Å². The molecule has 2 fully saturated rings. The minimum atomic E-state index is -2.36. The third kappa shape index (κ3) is 16.3. The van der Waals surface area contributed by atoms with Crippen molar-refractivity contribution >= 4 is 70.5 Å². The van der Waals surface area contributed by atoms with Crippen molar-refractivity contribution < 1.29 is 113 Å². The van der Waals surface area contributed by atoms with Gasteiger partial charge in [0.1, 0.15) is 83.4 Å². The summed E-state index contributed by atoms with van der Waals surface area (Å²) in [5.74, 6) is -16.1. The number of fused-ring (bicyclic) bond motifs is 15. The largest absolute Gasteiger partial charge is 0.508 e. The minimum absolute atomic E-state index is 0.103. The second kappa shape index (κ2) is 31.0. The molecule has 18 atom stereocenters. The molecule has 103 heavy (non-hydrogen) atoms. The van der Waals surface area contributed by atoms with Crippen LogP contribution in [0.15, 0.2) is 84.0 Å². The van der Waals surface area contributed by atoms with E-state index in [2.05, 4.69) is 47.2 Å². The van der Waals surface area contributed by atoms with Gasteiger partial charge in [-0.15, -0.1) is 0 Å². The van der Waals surface area contributed by atoms with Crippen LogP contribution in [-0.2, 0) is 52.6 Å². The van der Waals surface area contributed by atoms with Gasteiger partial charge >= 0.3 is 5.97 Å². The van der Waals surface area contributed by atoms with Crippen molar-refractivity contribution in [1.82, 2.24) is 37.2 Å². The van der Waals surface area contributed by atoms with E-state index in [0.29, 0.717) is 0 Å². The highest BCUT2D eigenvalue weighted by Crippen LogP contribution is 2.50. The Labute approximate surface area is 594 Å². The SMILES string of the molecule is CN[C@H](CC(C)C)C(=O)N[C@H]1C(=O)N[C@@H](CC(N)=O)C(=O)NC2C(=O)N[C@H]3C(=O)NC(C(=O)N[C@H](C(=O)O)c4cc(O)cc(O)c4-c4cc3ccc4O)[C@H](O)c3ccc(c(Cl)c3)Oc3cc2cc(c3O[C@@H]2O[C@H](CN=[N+]=[N-])[C@@H](O)[C@H](O)[C@H]2O[C@H]2C[C@](C)(N)[C@H](O)[C@H](C)O2)Oc2ccc(cc2Cl)[C@H]1O. The number of aromatic hydroxyl groups is 3. The molecule has 5 aromatic rings. The Bertz CT molecular complexity index is 4220. The number of aliphatic carboxylic acids is 1. The first-order valence-electron chi connectivity index (χ1n) is 32.0. The molecule has 0 radical (unpaired) electrons. The Morgan fingerprint density at radius 3 is 1.95 bits per heavy atom. The predicted octanol–water partition coefficient (Wildman–Crippen LogP) is 1.42. The summed E-state index contributed by atoms with van der Waals surface area (Å²) < 4.78 is 38.6. The van der Waals surface area contributed by atoms with Gasteiger partial charge in [0, 0.05) is 39.6 Å². The van der Waals surface area contributed by atoms with Gasteiger partial charge in [-0.2, -0.15) is 0 Å². The number of carboxylic acid groups (broad SMARTS) is 1. The molecule has 0 saturated carbocycles. The summed E-state index contributed by atoms with van der Waals surface area (Å²) in [7, 11) is 1.47. The van der Waals surface area contributed by atoms with Crippen LogP contribution in [0.2, 0.25) is 10.0 Å². The number of hydrogen-bond donors (Lipinski definition) is 18. The first kappa shape index (κ1) is 75.8. The normalized spacial score (nSPS) is 29.0. The van der Waals surface area contributed by atoms with Gasteiger partial charge in [0.05, 0.1) is 47.4 Å². The zero-order valence-electron chi connectivity index (χ0n) is 55.2. The van der Waals surface area contributed by atoms with Crippen LogP contribution < -0.4 is 62.9 Å². The third-order valence-corrected chi connectivity index (χ3v) is 18.5. The Morgan fingerprint density at radius 1 is 0.748 bits per heavy atom. The molecule has 7 amide bonds. The Kier molecular flexibility index (Phi) is 22.8. The number of nitrogens with one attached hydrogen (secondary N) is 7. The molecule has 37 heteroatoms. The molecule has 0 aromatic heterocycles. The number of aliphatic hydroxyl groups is 5. The van der Waals surface area contributed by atoms with Crippen molar-refractivity contribution in [1.29, 1.82) is 0 Å². The van der Waals surface area contributed by atoms with E-state index in [9.17, 15) is 75.5 Å². The van der Waals surface area contributed by atoms with Gasteiger partial charge in [0.25, 0.3) is 0 Å².